The molecule has 0 amide bonds. The van der Waals surface area contributed by atoms with Crippen LogP contribution >= 0.6 is 11.3 Å². The van der Waals surface area contributed by atoms with Crippen LogP contribution in [0.2, 0.25) is 0 Å². The van der Waals surface area contributed by atoms with Gasteiger partial charge in [0.25, 0.3) is 0 Å². The molecule has 1 aliphatic rings. The summed E-state index contributed by atoms with van der Waals surface area (Å²) in [6.45, 7) is 0. The van der Waals surface area contributed by atoms with E-state index in [9.17, 15) is 0 Å². The summed E-state index contributed by atoms with van der Waals surface area (Å²) < 4.78 is 5.54. The van der Waals surface area contributed by atoms with Gasteiger partial charge in [0.2, 0.25) is 0 Å². The number of rotatable bonds is 6. The first-order valence-corrected chi connectivity index (χ1v) is 6.29. The molecule has 0 bridgehead atoms. The smallest absolute Gasteiger partial charge is 0.0769 e. The normalized spacial score (nSPS) is 20.1. The quantitative estimate of drug-likeness (QED) is 0.571. The van der Waals surface area contributed by atoms with Crippen molar-refractivity contribution in [2.24, 2.45) is 11.8 Å². The molecule has 1 fully saturated rings. The summed E-state index contributed by atoms with van der Waals surface area (Å²) in [6.07, 6.45) is 3.77. The maximum absolute atomic E-state index is 5.60. The van der Waals surface area contributed by atoms with Gasteiger partial charge < -0.3 is 4.74 Å². The maximum Gasteiger partial charge on any atom is 0.0769 e. The van der Waals surface area contributed by atoms with E-state index >= 15 is 0 Å². The van der Waals surface area contributed by atoms with E-state index in [1.54, 1.807) is 18.4 Å². The minimum Gasteiger partial charge on any atom is -0.379 e. The first kappa shape index (κ1) is 11.1. The van der Waals surface area contributed by atoms with E-state index in [2.05, 4.69) is 22.3 Å². The van der Waals surface area contributed by atoms with E-state index in [1.807, 2.05) is 0 Å². The number of thiophene rings is 1. The van der Waals surface area contributed by atoms with Crippen molar-refractivity contribution in [3.8, 4) is 0 Å². The van der Waals surface area contributed by atoms with Crippen LogP contribution in [0.15, 0.2) is 16.8 Å². The molecule has 84 valence electrons. The molecule has 3 N–H and O–H groups in total. The van der Waals surface area contributed by atoms with E-state index < -0.39 is 0 Å². The summed E-state index contributed by atoms with van der Waals surface area (Å²) in [5.41, 5.74) is 4.23. The fourth-order valence-corrected chi connectivity index (χ4v) is 2.72. The third-order valence-electron chi connectivity index (χ3n) is 3.01. The Bertz CT molecular complexity index is 285. The fourth-order valence-electron chi connectivity index (χ4n) is 2.04. The average Bonchev–Trinajstić information content (AvgIpc) is 2.95. The molecule has 1 aromatic rings. The first-order chi connectivity index (χ1) is 7.35. The molecule has 0 saturated heterocycles. The maximum atomic E-state index is 5.60. The van der Waals surface area contributed by atoms with Crippen molar-refractivity contribution in [3.05, 3.63) is 22.4 Å². The lowest BCUT2D eigenvalue weighted by atomic mass is 10.0. The highest BCUT2D eigenvalue weighted by atomic mass is 32.1. The van der Waals surface area contributed by atoms with Gasteiger partial charge in [-0.25, -0.2) is 0 Å². The van der Waals surface area contributed by atoms with Crippen molar-refractivity contribution in [2.75, 3.05) is 7.11 Å². The third kappa shape index (κ3) is 2.78. The average molecular weight is 226 g/mol. The molecular weight excluding hydrogens is 208 g/mol. The number of hydrazine groups is 1. The van der Waals surface area contributed by atoms with Crippen LogP contribution in [0, 0.1) is 5.92 Å². The molecule has 2 atom stereocenters. The number of hydrogen-bond donors (Lipinski definition) is 2. The number of ether oxygens (including phenoxy) is 1. The molecule has 3 nitrogen and oxygen atoms in total. The van der Waals surface area contributed by atoms with Crippen LogP contribution in [0.5, 0.6) is 0 Å². The molecule has 0 aromatic carbocycles. The van der Waals surface area contributed by atoms with E-state index in [-0.39, 0.29) is 12.1 Å². The standard InChI is InChI=1S/C11H18N2OS/c1-14-11(9-2-3-9)10(13-12)6-8-4-5-15-7-8/h4-5,7,9-11,13H,2-3,6,12H2,1H3. The lowest BCUT2D eigenvalue weighted by Crippen LogP contribution is -2.47. The summed E-state index contributed by atoms with van der Waals surface area (Å²) in [4.78, 5) is 0. The molecule has 0 spiro atoms. The number of hydrogen-bond acceptors (Lipinski definition) is 4. The first-order valence-electron chi connectivity index (χ1n) is 5.35. The molecule has 4 heteroatoms. The lowest BCUT2D eigenvalue weighted by Gasteiger charge is -2.25. The second kappa shape index (κ2) is 5.07. The highest BCUT2D eigenvalue weighted by Crippen LogP contribution is 2.36. The molecule has 1 heterocycles. The molecular formula is C11H18N2OS. The van der Waals surface area contributed by atoms with Crippen LogP contribution in [0.1, 0.15) is 18.4 Å². The second-order valence-electron chi connectivity index (χ2n) is 4.15. The summed E-state index contributed by atoms with van der Waals surface area (Å²) in [5.74, 6) is 6.31. The van der Waals surface area contributed by atoms with Gasteiger partial charge in [0.05, 0.1) is 12.1 Å². The molecule has 15 heavy (non-hydrogen) atoms. The molecule has 1 aliphatic carbocycles. The van der Waals surface area contributed by atoms with Gasteiger partial charge in [-0.05, 0) is 47.6 Å². The largest absolute Gasteiger partial charge is 0.379 e. The van der Waals surface area contributed by atoms with Crippen LogP contribution in [-0.2, 0) is 11.2 Å². The zero-order valence-corrected chi connectivity index (χ0v) is 9.80. The lowest BCUT2D eigenvalue weighted by molar-refractivity contribution is 0.0511. The van der Waals surface area contributed by atoms with Crippen molar-refractivity contribution >= 4 is 11.3 Å². The number of nitrogens with one attached hydrogen (secondary N) is 1. The van der Waals surface area contributed by atoms with Crippen LogP contribution in [0.4, 0.5) is 0 Å². The van der Waals surface area contributed by atoms with Crippen molar-refractivity contribution in [3.63, 3.8) is 0 Å². The zero-order valence-electron chi connectivity index (χ0n) is 8.98. The molecule has 0 aliphatic heterocycles. The van der Waals surface area contributed by atoms with Crippen LogP contribution < -0.4 is 11.3 Å². The minimum atomic E-state index is 0.233. The van der Waals surface area contributed by atoms with Gasteiger partial charge in [0, 0.05) is 7.11 Å². The molecule has 2 rings (SSSR count). The predicted octanol–water partition coefficient (Wildman–Crippen LogP) is 1.55. The van der Waals surface area contributed by atoms with Crippen molar-refractivity contribution in [1.82, 2.24) is 5.43 Å². The van der Waals surface area contributed by atoms with Crippen molar-refractivity contribution in [2.45, 2.75) is 31.4 Å². The minimum absolute atomic E-state index is 0.233. The van der Waals surface area contributed by atoms with Gasteiger partial charge >= 0.3 is 0 Å². The van der Waals surface area contributed by atoms with Crippen molar-refractivity contribution < 1.29 is 4.74 Å². The topological polar surface area (TPSA) is 47.3 Å². The van der Waals surface area contributed by atoms with Crippen LogP contribution in [-0.4, -0.2) is 19.3 Å². The highest BCUT2D eigenvalue weighted by Gasteiger charge is 2.36. The SMILES string of the molecule is COC(C1CC1)C(Cc1ccsc1)NN. The summed E-state index contributed by atoms with van der Waals surface area (Å²) in [5, 5.41) is 4.27. The molecule has 0 radical (unpaired) electrons. The predicted molar refractivity (Wildman–Crippen MR) is 62.7 cm³/mol. The van der Waals surface area contributed by atoms with E-state index in [0.717, 1.165) is 6.42 Å². The summed E-state index contributed by atoms with van der Waals surface area (Å²) in [6, 6.07) is 2.38. The van der Waals surface area contributed by atoms with Gasteiger partial charge in [-0.1, -0.05) is 0 Å². The Hall–Kier alpha value is -0.420. The van der Waals surface area contributed by atoms with Gasteiger partial charge in [0.1, 0.15) is 0 Å². The van der Waals surface area contributed by atoms with E-state index in [4.69, 9.17) is 10.6 Å². The second-order valence-corrected chi connectivity index (χ2v) is 4.93. The van der Waals surface area contributed by atoms with Gasteiger partial charge in [0.15, 0.2) is 0 Å². The zero-order chi connectivity index (χ0) is 10.7. The summed E-state index contributed by atoms with van der Waals surface area (Å²) >= 11 is 1.73. The Morgan fingerprint density at radius 1 is 1.67 bits per heavy atom. The summed E-state index contributed by atoms with van der Waals surface area (Å²) in [7, 11) is 1.78. The Labute approximate surface area is 94.6 Å². The Kier molecular flexibility index (Phi) is 3.75. The van der Waals surface area contributed by atoms with Crippen LogP contribution in [0.3, 0.4) is 0 Å². The van der Waals surface area contributed by atoms with Crippen LogP contribution in [0.25, 0.3) is 0 Å². The third-order valence-corrected chi connectivity index (χ3v) is 3.74. The Balaban J connectivity index is 1.96. The Morgan fingerprint density at radius 2 is 2.47 bits per heavy atom. The van der Waals surface area contributed by atoms with E-state index in [1.165, 1.54) is 18.4 Å². The molecule has 2 unspecified atom stereocenters. The number of methoxy groups -OCH3 is 1. The monoisotopic (exact) mass is 226 g/mol. The van der Waals surface area contributed by atoms with E-state index in [0.29, 0.717) is 5.92 Å². The van der Waals surface area contributed by atoms with Gasteiger partial charge in [-0.3, -0.25) is 11.3 Å². The molecule has 1 saturated carbocycles. The highest BCUT2D eigenvalue weighted by molar-refractivity contribution is 7.07. The van der Waals surface area contributed by atoms with Crippen molar-refractivity contribution in [1.29, 1.82) is 0 Å². The Morgan fingerprint density at radius 3 is 2.93 bits per heavy atom. The number of nitrogens with two attached hydrogens (primary N) is 1. The van der Waals surface area contributed by atoms with Gasteiger partial charge in [-0.15, -0.1) is 0 Å². The van der Waals surface area contributed by atoms with Gasteiger partial charge in [-0.2, -0.15) is 11.3 Å². The fraction of sp³-hybridized carbons (Fsp3) is 0.636. The molecule has 1 aromatic heterocycles.